The first-order chi connectivity index (χ1) is 9.50. The molecule has 4 nitrogen and oxygen atoms in total. The fourth-order valence-corrected chi connectivity index (χ4v) is 3.55. The van der Waals surface area contributed by atoms with Crippen LogP contribution in [0.5, 0.6) is 0 Å². The average Bonchev–Trinajstić information content (AvgIpc) is 3.02. The summed E-state index contributed by atoms with van der Waals surface area (Å²) in [5.74, 6) is 0.648. The van der Waals surface area contributed by atoms with Crippen molar-refractivity contribution in [1.82, 2.24) is 14.8 Å². The third kappa shape index (κ3) is 2.32. The van der Waals surface area contributed by atoms with E-state index < -0.39 is 12.1 Å². The molecule has 3 rings (SSSR count). The molecule has 0 radical (unpaired) electrons. The van der Waals surface area contributed by atoms with Crippen molar-refractivity contribution in [3.05, 3.63) is 11.6 Å². The molecule has 2 N–H and O–H groups in total. The number of alkyl halides is 3. The quantitative estimate of drug-likeness (QED) is 0.908. The van der Waals surface area contributed by atoms with E-state index in [1.54, 1.807) is 4.57 Å². The van der Waals surface area contributed by atoms with Gasteiger partial charge < -0.3 is 10.3 Å². The number of nitrogens with two attached hydrogens (primary N) is 1. The van der Waals surface area contributed by atoms with Gasteiger partial charge in [-0.25, -0.2) is 0 Å². The van der Waals surface area contributed by atoms with Crippen molar-refractivity contribution in [2.24, 2.45) is 17.6 Å². The van der Waals surface area contributed by atoms with Crippen LogP contribution in [-0.4, -0.2) is 27.5 Å². The molecular weight excluding hydrogens is 269 g/mol. The molecule has 1 fully saturated rings. The molecule has 3 atom stereocenters. The van der Waals surface area contributed by atoms with E-state index in [2.05, 4.69) is 10.2 Å². The lowest BCUT2D eigenvalue weighted by atomic mass is 9.93. The van der Waals surface area contributed by atoms with E-state index in [4.69, 9.17) is 5.73 Å². The largest absolute Gasteiger partial charge is 0.393 e. The van der Waals surface area contributed by atoms with Gasteiger partial charge in [-0.05, 0) is 31.7 Å². The summed E-state index contributed by atoms with van der Waals surface area (Å²) in [6.45, 7) is 0.532. The van der Waals surface area contributed by atoms with Crippen LogP contribution in [0.2, 0.25) is 0 Å². The standard InChI is InChI=1S/C13H19F3N4/c14-13(15,16)9-4-5-11-18-19-12(20(11)7-9)10-3-1-2-8(10)6-17/h8-10H,1-7,17H2. The fourth-order valence-electron chi connectivity index (χ4n) is 3.55. The van der Waals surface area contributed by atoms with Gasteiger partial charge in [0, 0.05) is 18.9 Å². The zero-order chi connectivity index (χ0) is 14.3. The number of hydrogen-bond acceptors (Lipinski definition) is 3. The Balaban J connectivity index is 1.87. The van der Waals surface area contributed by atoms with Crippen LogP contribution >= 0.6 is 0 Å². The highest BCUT2D eigenvalue weighted by atomic mass is 19.4. The monoisotopic (exact) mass is 288 g/mol. The van der Waals surface area contributed by atoms with Gasteiger partial charge in [-0.2, -0.15) is 13.2 Å². The minimum Gasteiger partial charge on any atom is -0.330 e. The number of hydrogen-bond donors (Lipinski definition) is 1. The van der Waals surface area contributed by atoms with Gasteiger partial charge in [0.05, 0.1) is 5.92 Å². The van der Waals surface area contributed by atoms with Crippen molar-refractivity contribution < 1.29 is 13.2 Å². The topological polar surface area (TPSA) is 56.7 Å². The van der Waals surface area contributed by atoms with E-state index in [0.717, 1.165) is 25.1 Å². The van der Waals surface area contributed by atoms with Gasteiger partial charge >= 0.3 is 6.18 Å². The second kappa shape index (κ2) is 5.02. The second-order valence-corrected chi connectivity index (χ2v) is 5.90. The first-order valence-electron chi connectivity index (χ1n) is 7.19. The van der Waals surface area contributed by atoms with Gasteiger partial charge in [0.25, 0.3) is 0 Å². The number of fused-ring (bicyclic) bond motifs is 1. The minimum atomic E-state index is -4.14. The molecule has 7 heteroatoms. The Bertz CT molecular complexity index is 482. The molecule has 112 valence electrons. The summed E-state index contributed by atoms with van der Waals surface area (Å²) in [5, 5.41) is 8.28. The maximum absolute atomic E-state index is 12.9. The van der Waals surface area contributed by atoms with Crippen molar-refractivity contribution in [2.75, 3.05) is 6.54 Å². The highest BCUT2D eigenvalue weighted by Crippen LogP contribution is 2.41. The van der Waals surface area contributed by atoms with Crippen molar-refractivity contribution in [3.63, 3.8) is 0 Å². The summed E-state index contributed by atoms with van der Waals surface area (Å²) in [5.41, 5.74) is 5.77. The smallest absolute Gasteiger partial charge is 0.330 e. The summed E-state index contributed by atoms with van der Waals surface area (Å²) >= 11 is 0. The Labute approximate surface area is 115 Å². The van der Waals surface area contributed by atoms with Crippen LogP contribution in [0.4, 0.5) is 13.2 Å². The van der Waals surface area contributed by atoms with Gasteiger partial charge in [0.2, 0.25) is 0 Å². The Hall–Kier alpha value is -1.11. The van der Waals surface area contributed by atoms with E-state index in [1.165, 1.54) is 0 Å². The zero-order valence-corrected chi connectivity index (χ0v) is 11.2. The van der Waals surface area contributed by atoms with Crippen molar-refractivity contribution >= 4 is 0 Å². The molecule has 2 aliphatic rings. The van der Waals surface area contributed by atoms with E-state index in [9.17, 15) is 13.2 Å². The molecule has 1 saturated carbocycles. The van der Waals surface area contributed by atoms with Crippen LogP contribution in [0.1, 0.15) is 43.3 Å². The lowest BCUT2D eigenvalue weighted by Gasteiger charge is -2.28. The van der Waals surface area contributed by atoms with Gasteiger partial charge in [0.1, 0.15) is 11.6 Å². The second-order valence-electron chi connectivity index (χ2n) is 5.90. The number of aryl methyl sites for hydroxylation is 1. The molecule has 1 aliphatic carbocycles. The molecule has 0 saturated heterocycles. The molecule has 0 spiro atoms. The number of halogens is 3. The third-order valence-electron chi connectivity index (χ3n) is 4.73. The van der Waals surface area contributed by atoms with E-state index in [1.807, 2.05) is 0 Å². The molecule has 0 aromatic carbocycles. The highest BCUT2D eigenvalue weighted by Gasteiger charge is 2.43. The predicted molar refractivity (Wildman–Crippen MR) is 67.0 cm³/mol. The Morgan fingerprint density at radius 1 is 1.20 bits per heavy atom. The normalized spacial score (nSPS) is 30.5. The zero-order valence-electron chi connectivity index (χ0n) is 11.2. The maximum Gasteiger partial charge on any atom is 0.393 e. The Morgan fingerprint density at radius 2 is 2.00 bits per heavy atom. The van der Waals surface area contributed by atoms with Crippen LogP contribution in [0, 0.1) is 11.8 Å². The van der Waals surface area contributed by atoms with Crippen LogP contribution in [0.25, 0.3) is 0 Å². The van der Waals surface area contributed by atoms with Crippen LogP contribution in [0.3, 0.4) is 0 Å². The fraction of sp³-hybridized carbons (Fsp3) is 0.846. The number of rotatable bonds is 2. The first-order valence-corrected chi connectivity index (χ1v) is 7.19. The third-order valence-corrected chi connectivity index (χ3v) is 4.73. The summed E-state index contributed by atoms with van der Waals surface area (Å²) < 4.78 is 40.5. The molecule has 0 bridgehead atoms. The van der Waals surface area contributed by atoms with Crippen molar-refractivity contribution in [3.8, 4) is 0 Å². The summed E-state index contributed by atoms with van der Waals surface area (Å²) in [6.07, 6.45) is -0.605. The van der Waals surface area contributed by atoms with Crippen LogP contribution in [-0.2, 0) is 13.0 Å². The minimum absolute atomic E-state index is 0.0328. The van der Waals surface area contributed by atoms with Crippen LogP contribution in [0.15, 0.2) is 0 Å². The maximum atomic E-state index is 12.9. The Kier molecular flexibility index (Phi) is 3.48. The molecule has 1 aromatic rings. The molecule has 1 aromatic heterocycles. The van der Waals surface area contributed by atoms with Crippen molar-refractivity contribution in [2.45, 2.75) is 50.7 Å². The summed E-state index contributed by atoms with van der Waals surface area (Å²) in [7, 11) is 0. The summed E-state index contributed by atoms with van der Waals surface area (Å²) in [4.78, 5) is 0. The van der Waals surface area contributed by atoms with Gasteiger partial charge in [-0.1, -0.05) is 6.42 Å². The predicted octanol–water partition coefficient (Wildman–Crippen LogP) is 2.25. The molecule has 2 heterocycles. The number of nitrogens with zero attached hydrogens (tertiary/aromatic N) is 3. The van der Waals surface area contributed by atoms with Crippen LogP contribution < -0.4 is 5.73 Å². The summed E-state index contributed by atoms with van der Waals surface area (Å²) in [6, 6.07) is 0. The SMILES string of the molecule is NCC1CCCC1c1nnc2n1CC(C(F)(F)F)CC2. The molecule has 1 aliphatic heterocycles. The average molecular weight is 288 g/mol. The molecule has 3 unspecified atom stereocenters. The van der Waals surface area contributed by atoms with E-state index in [0.29, 0.717) is 24.7 Å². The molecule has 0 amide bonds. The first kappa shape index (κ1) is 13.9. The highest BCUT2D eigenvalue weighted by molar-refractivity contribution is 5.09. The lowest BCUT2D eigenvalue weighted by Crippen LogP contribution is -2.33. The molecule has 20 heavy (non-hydrogen) atoms. The molecular formula is C13H19F3N4. The number of aromatic nitrogens is 3. The Morgan fingerprint density at radius 3 is 2.70 bits per heavy atom. The van der Waals surface area contributed by atoms with Gasteiger partial charge in [0.15, 0.2) is 0 Å². The lowest BCUT2D eigenvalue weighted by molar-refractivity contribution is -0.182. The van der Waals surface area contributed by atoms with E-state index in [-0.39, 0.29) is 18.9 Å². The van der Waals surface area contributed by atoms with Gasteiger partial charge in [-0.15, -0.1) is 10.2 Å². The van der Waals surface area contributed by atoms with E-state index >= 15 is 0 Å². The van der Waals surface area contributed by atoms with Gasteiger partial charge in [-0.3, -0.25) is 0 Å². The van der Waals surface area contributed by atoms with Crippen molar-refractivity contribution in [1.29, 1.82) is 0 Å².